The number of hydrogen-bond acceptors (Lipinski definition) is 7. The molecule has 0 saturated carbocycles. The van der Waals surface area contributed by atoms with Crippen LogP contribution < -0.4 is 0 Å². The lowest BCUT2D eigenvalue weighted by atomic mass is 10.0. The summed E-state index contributed by atoms with van der Waals surface area (Å²) in [6, 6.07) is 0. The van der Waals surface area contributed by atoms with Crippen molar-refractivity contribution in [3.05, 3.63) is 0 Å². The quantitative estimate of drug-likeness (QED) is 0.286. The van der Waals surface area contributed by atoms with E-state index < -0.39 is 53.0 Å². The fraction of sp³-hybridized carbons (Fsp3) is 0.909. The maximum absolute atomic E-state index is 12.5. The van der Waals surface area contributed by atoms with Gasteiger partial charge in [0.25, 0.3) is 0 Å². The van der Waals surface area contributed by atoms with E-state index in [0.29, 0.717) is 6.61 Å². The summed E-state index contributed by atoms with van der Waals surface area (Å²) in [4.78, 5) is 24.4. The van der Waals surface area contributed by atoms with Gasteiger partial charge in [-0.05, 0) is 43.2 Å². The highest BCUT2D eigenvalue weighted by molar-refractivity contribution is 6.74. The number of esters is 1. The molecule has 1 rings (SSSR count). The first-order valence-corrected chi connectivity index (χ1v) is 16.9. The van der Waals surface area contributed by atoms with E-state index in [0.717, 1.165) is 0 Å². The summed E-state index contributed by atoms with van der Waals surface area (Å²) in [5.41, 5.74) is 0. The van der Waals surface area contributed by atoms with Gasteiger partial charge in [-0.3, -0.25) is 4.79 Å². The predicted octanol–water partition coefficient (Wildman–Crippen LogP) is 4.66. The molecule has 0 N–H and O–H groups in total. The molecule has 1 heterocycles. The van der Waals surface area contributed by atoms with Crippen molar-refractivity contribution < 1.29 is 32.7 Å². The second kappa shape index (κ2) is 10.1. The van der Waals surface area contributed by atoms with E-state index in [1.54, 1.807) is 0 Å². The van der Waals surface area contributed by atoms with Crippen molar-refractivity contribution in [1.82, 2.24) is 0 Å². The Morgan fingerprint density at radius 1 is 1.00 bits per heavy atom. The highest BCUT2D eigenvalue weighted by atomic mass is 28.4. The first-order valence-electron chi connectivity index (χ1n) is 11.1. The first kappa shape index (κ1) is 28.4. The normalized spacial score (nSPS) is 24.6. The molecule has 1 saturated heterocycles. The second-order valence-corrected chi connectivity index (χ2v) is 21.0. The smallest absolute Gasteiger partial charge is 0.374 e. The molecule has 0 aromatic carbocycles. The van der Waals surface area contributed by atoms with Crippen LogP contribution in [-0.2, 0) is 32.7 Å². The third-order valence-corrected chi connectivity index (χ3v) is 15.9. The second-order valence-electron chi connectivity index (χ2n) is 11.5. The van der Waals surface area contributed by atoms with E-state index in [4.69, 9.17) is 18.3 Å². The zero-order valence-corrected chi connectivity index (χ0v) is 23.6. The SMILES string of the molecule is COC(=O)C(=O)C[C@H](O[Si](C)(C)C(C)(C)C)[C@@H]1O[C@H](C)OC[C@H]1O[Si](C)(C)C(C)(C)C. The minimum absolute atomic E-state index is 0.00175. The van der Waals surface area contributed by atoms with Gasteiger partial charge in [-0.1, -0.05) is 41.5 Å². The fourth-order valence-electron chi connectivity index (χ4n) is 2.82. The molecule has 182 valence electrons. The summed E-state index contributed by atoms with van der Waals surface area (Å²) in [6.45, 7) is 23.7. The van der Waals surface area contributed by atoms with E-state index in [1.807, 2.05) is 6.92 Å². The summed E-state index contributed by atoms with van der Waals surface area (Å²) >= 11 is 0. The van der Waals surface area contributed by atoms with Crippen molar-refractivity contribution in [2.24, 2.45) is 0 Å². The molecule has 0 bridgehead atoms. The van der Waals surface area contributed by atoms with Crippen LogP contribution in [0.3, 0.4) is 0 Å². The Balaban J connectivity index is 3.31. The maximum Gasteiger partial charge on any atom is 0.374 e. The molecule has 0 aromatic rings. The Morgan fingerprint density at radius 3 is 1.97 bits per heavy atom. The van der Waals surface area contributed by atoms with Gasteiger partial charge in [-0.15, -0.1) is 0 Å². The zero-order valence-electron chi connectivity index (χ0n) is 21.6. The van der Waals surface area contributed by atoms with Crippen LogP contribution in [0.15, 0.2) is 0 Å². The summed E-state index contributed by atoms with van der Waals surface area (Å²) < 4.78 is 29.9. The lowest BCUT2D eigenvalue weighted by Gasteiger charge is -2.47. The number of ketones is 1. The topological polar surface area (TPSA) is 80.3 Å². The van der Waals surface area contributed by atoms with Crippen LogP contribution in [0.1, 0.15) is 54.9 Å². The van der Waals surface area contributed by atoms with Crippen LogP contribution in [0.25, 0.3) is 0 Å². The van der Waals surface area contributed by atoms with E-state index in [1.165, 1.54) is 7.11 Å². The molecule has 1 fully saturated rings. The van der Waals surface area contributed by atoms with Crippen LogP contribution in [0, 0.1) is 0 Å². The highest BCUT2D eigenvalue weighted by Crippen LogP contribution is 2.41. The van der Waals surface area contributed by atoms with Crippen LogP contribution in [0.5, 0.6) is 0 Å². The molecule has 0 amide bonds. The summed E-state index contributed by atoms with van der Waals surface area (Å²) in [5.74, 6) is -1.49. The van der Waals surface area contributed by atoms with Crippen molar-refractivity contribution in [3.63, 3.8) is 0 Å². The molecule has 31 heavy (non-hydrogen) atoms. The zero-order chi connectivity index (χ0) is 24.4. The summed E-state index contributed by atoms with van der Waals surface area (Å²) in [5, 5.41) is -0.0790. The number of rotatable bonds is 8. The third-order valence-electron chi connectivity index (χ3n) is 6.88. The molecule has 0 radical (unpaired) electrons. The lowest BCUT2D eigenvalue weighted by Crippen LogP contribution is -2.59. The molecule has 7 nitrogen and oxygen atoms in total. The van der Waals surface area contributed by atoms with Crippen molar-refractivity contribution in [1.29, 1.82) is 0 Å². The first-order chi connectivity index (χ1) is 13.8. The van der Waals surface area contributed by atoms with Crippen molar-refractivity contribution in [3.8, 4) is 0 Å². The van der Waals surface area contributed by atoms with E-state index in [2.05, 4.69) is 72.5 Å². The number of carbonyl (C=O) groups is 2. The largest absolute Gasteiger partial charge is 0.463 e. The molecular weight excluding hydrogens is 432 g/mol. The fourth-order valence-corrected chi connectivity index (χ4v) is 5.46. The van der Waals surface area contributed by atoms with Gasteiger partial charge in [0.2, 0.25) is 5.78 Å². The molecule has 1 aliphatic heterocycles. The van der Waals surface area contributed by atoms with Gasteiger partial charge < -0.3 is 23.1 Å². The molecule has 1 aliphatic rings. The molecule has 4 atom stereocenters. The van der Waals surface area contributed by atoms with Crippen molar-refractivity contribution in [2.75, 3.05) is 13.7 Å². The summed E-state index contributed by atoms with van der Waals surface area (Å²) in [6.07, 6.45) is -2.12. The number of methoxy groups -OCH3 is 1. The molecule has 0 spiro atoms. The van der Waals surface area contributed by atoms with Gasteiger partial charge in [-0.25, -0.2) is 4.79 Å². The highest BCUT2D eigenvalue weighted by Gasteiger charge is 2.48. The van der Waals surface area contributed by atoms with Crippen molar-refractivity contribution >= 4 is 28.4 Å². The Labute approximate surface area is 190 Å². The van der Waals surface area contributed by atoms with Gasteiger partial charge in [0.05, 0.1) is 25.9 Å². The summed E-state index contributed by atoms with van der Waals surface area (Å²) in [7, 11) is -3.22. The minimum atomic E-state index is -2.28. The number of hydrogen-bond donors (Lipinski definition) is 0. The number of ether oxygens (including phenoxy) is 3. The lowest BCUT2D eigenvalue weighted by molar-refractivity contribution is -0.259. The Morgan fingerprint density at radius 2 is 1.52 bits per heavy atom. The average Bonchev–Trinajstić information content (AvgIpc) is 2.59. The van der Waals surface area contributed by atoms with Crippen LogP contribution in [0.2, 0.25) is 36.3 Å². The van der Waals surface area contributed by atoms with Crippen molar-refractivity contribution in [2.45, 2.75) is 116 Å². The average molecular weight is 477 g/mol. The van der Waals surface area contributed by atoms with Crippen LogP contribution in [-0.4, -0.2) is 66.7 Å². The molecular formula is C22H44O7Si2. The maximum atomic E-state index is 12.5. The number of carbonyl (C=O) groups excluding carboxylic acids is 2. The van der Waals surface area contributed by atoms with Crippen LogP contribution >= 0.6 is 0 Å². The Hall–Kier alpha value is -0.586. The van der Waals surface area contributed by atoms with E-state index >= 15 is 0 Å². The number of Topliss-reactive ketones (excluding diaryl/α,β-unsaturated/α-hetero) is 1. The molecule has 0 unspecified atom stereocenters. The standard InChI is InChI=1S/C22H44O7Si2/c1-15-26-14-18(29-31(11,12)22(5,6)7)19(27-15)17(13-16(23)20(24)25-8)28-30(9,10)21(2,3)4/h15,17-19H,13-14H2,1-12H3/t15-,17+,18-,19+/m1/s1. The molecule has 0 aromatic heterocycles. The van der Waals surface area contributed by atoms with Gasteiger partial charge >= 0.3 is 5.97 Å². The van der Waals surface area contributed by atoms with Gasteiger partial charge in [-0.2, -0.15) is 0 Å². The Bertz CT molecular complexity index is 635. The minimum Gasteiger partial charge on any atom is -0.463 e. The van der Waals surface area contributed by atoms with E-state index in [9.17, 15) is 9.59 Å². The third kappa shape index (κ3) is 7.47. The Kier molecular flexibility index (Phi) is 9.30. The van der Waals surface area contributed by atoms with Crippen LogP contribution in [0.4, 0.5) is 0 Å². The monoisotopic (exact) mass is 476 g/mol. The van der Waals surface area contributed by atoms with Gasteiger partial charge in [0, 0.05) is 6.42 Å². The van der Waals surface area contributed by atoms with E-state index in [-0.39, 0.29) is 16.5 Å². The van der Waals surface area contributed by atoms with Gasteiger partial charge in [0.1, 0.15) is 6.10 Å². The molecule has 0 aliphatic carbocycles. The van der Waals surface area contributed by atoms with Gasteiger partial charge in [0.15, 0.2) is 22.9 Å². The predicted molar refractivity (Wildman–Crippen MR) is 126 cm³/mol. The molecule has 9 heteroatoms.